The second-order valence-electron chi connectivity index (χ2n) is 2.75. The topological polar surface area (TPSA) is 26.0 Å². The van der Waals surface area contributed by atoms with Crippen LogP contribution in [-0.2, 0) is 0 Å². The summed E-state index contributed by atoms with van der Waals surface area (Å²) in [6.45, 7) is 8.00. The Morgan fingerprint density at radius 2 is 1.08 bits per heavy atom. The Labute approximate surface area is 78.7 Å². The van der Waals surface area contributed by atoms with Crippen molar-refractivity contribution in [2.24, 2.45) is 5.73 Å². The minimum Gasteiger partial charge on any atom is -0.328 e. The number of hydrogen-bond acceptors (Lipinski definition) is 1. The van der Waals surface area contributed by atoms with E-state index in [1.54, 1.807) is 0 Å². The summed E-state index contributed by atoms with van der Waals surface area (Å²) in [5, 5.41) is 0. The van der Waals surface area contributed by atoms with E-state index in [0.29, 0.717) is 6.04 Å². The van der Waals surface area contributed by atoms with Gasteiger partial charge in [-0.05, 0) is 12.8 Å². The fraction of sp³-hybridized carbons (Fsp3) is 1.00. The van der Waals surface area contributed by atoms with Gasteiger partial charge in [-0.25, -0.2) is 0 Å². The molecule has 0 aliphatic heterocycles. The van der Waals surface area contributed by atoms with E-state index >= 15 is 0 Å². The summed E-state index contributed by atoms with van der Waals surface area (Å²) in [6, 6.07) is 0.525. The molecule has 1 aliphatic rings. The predicted octanol–water partition coefficient (Wildman–Crippen LogP) is 3.72. The first-order chi connectivity index (χ1) is 5.89. The molecule has 1 heteroatoms. The van der Waals surface area contributed by atoms with E-state index in [-0.39, 0.29) is 0 Å². The maximum atomic E-state index is 5.73. The van der Waals surface area contributed by atoms with Gasteiger partial charge in [-0.15, -0.1) is 0 Å². The summed E-state index contributed by atoms with van der Waals surface area (Å²) < 4.78 is 0. The third-order valence-electron chi connectivity index (χ3n) is 1.90. The van der Waals surface area contributed by atoms with E-state index < -0.39 is 0 Å². The van der Waals surface area contributed by atoms with Gasteiger partial charge in [0.15, 0.2) is 0 Å². The zero-order chi connectivity index (χ0) is 9.82. The monoisotopic (exact) mass is 173 g/mol. The van der Waals surface area contributed by atoms with Crippen LogP contribution in [-0.4, -0.2) is 6.04 Å². The van der Waals surface area contributed by atoms with Crippen LogP contribution < -0.4 is 5.73 Å². The van der Waals surface area contributed by atoms with Crippen molar-refractivity contribution in [2.45, 2.75) is 72.3 Å². The average Bonchev–Trinajstić information content (AvgIpc) is 2.40. The van der Waals surface area contributed by atoms with Crippen LogP contribution in [0, 0.1) is 0 Å². The molecule has 0 radical (unpaired) electrons. The molecule has 0 spiro atoms. The van der Waals surface area contributed by atoms with Crippen LogP contribution in [0.15, 0.2) is 0 Å². The van der Waals surface area contributed by atoms with E-state index in [1.165, 1.54) is 38.5 Å². The number of hydrogen-bond donors (Lipinski definition) is 1. The fourth-order valence-electron chi connectivity index (χ4n) is 1.31. The molecular weight excluding hydrogens is 146 g/mol. The molecule has 0 amide bonds. The molecule has 12 heavy (non-hydrogen) atoms. The summed E-state index contributed by atoms with van der Waals surface area (Å²) in [4.78, 5) is 0. The molecule has 1 nitrogen and oxygen atoms in total. The summed E-state index contributed by atoms with van der Waals surface area (Å²) in [7, 11) is 0. The summed E-state index contributed by atoms with van der Waals surface area (Å²) >= 11 is 0. The molecule has 1 saturated carbocycles. The van der Waals surface area contributed by atoms with Gasteiger partial charge in [0.05, 0.1) is 0 Å². The Morgan fingerprint density at radius 3 is 1.42 bits per heavy atom. The van der Waals surface area contributed by atoms with Gasteiger partial charge in [-0.3, -0.25) is 0 Å². The normalized spacial score (nSPS) is 17.8. The van der Waals surface area contributed by atoms with E-state index in [0.717, 1.165) is 0 Å². The van der Waals surface area contributed by atoms with Gasteiger partial charge in [0.25, 0.3) is 0 Å². The zero-order valence-electron chi connectivity index (χ0n) is 9.40. The molecule has 0 unspecified atom stereocenters. The third kappa shape index (κ3) is 9.96. The fourth-order valence-corrected chi connectivity index (χ4v) is 1.31. The second kappa shape index (κ2) is 13.5. The highest BCUT2D eigenvalue weighted by Gasteiger charge is 2.05. The molecule has 0 aromatic carbocycles. The SMILES string of the molecule is CC.CC.NC1CCCCCC1. The molecule has 0 aromatic rings. The van der Waals surface area contributed by atoms with Crippen molar-refractivity contribution in [2.75, 3.05) is 0 Å². The van der Waals surface area contributed by atoms with E-state index in [1.807, 2.05) is 27.7 Å². The Bertz CT molecular complexity index is 54.0. The largest absolute Gasteiger partial charge is 0.328 e. The van der Waals surface area contributed by atoms with Crippen LogP contribution in [0.2, 0.25) is 0 Å². The van der Waals surface area contributed by atoms with Gasteiger partial charge in [-0.1, -0.05) is 53.4 Å². The van der Waals surface area contributed by atoms with Gasteiger partial charge in [0.1, 0.15) is 0 Å². The number of nitrogens with two attached hydrogens (primary N) is 1. The maximum Gasteiger partial charge on any atom is 0.00388 e. The lowest BCUT2D eigenvalue weighted by Gasteiger charge is -2.03. The third-order valence-corrected chi connectivity index (χ3v) is 1.90. The van der Waals surface area contributed by atoms with Crippen LogP contribution in [0.25, 0.3) is 0 Å². The quantitative estimate of drug-likeness (QED) is 0.555. The van der Waals surface area contributed by atoms with Crippen LogP contribution in [0.3, 0.4) is 0 Å². The van der Waals surface area contributed by atoms with E-state index in [2.05, 4.69) is 0 Å². The molecule has 0 saturated heterocycles. The highest BCUT2D eigenvalue weighted by molar-refractivity contribution is 4.65. The van der Waals surface area contributed by atoms with E-state index in [4.69, 9.17) is 5.73 Å². The Kier molecular flexibility index (Phi) is 16.3. The van der Waals surface area contributed by atoms with E-state index in [9.17, 15) is 0 Å². The highest BCUT2D eigenvalue weighted by Crippen LogP contribution is 2.14. The predicted molar refractivity (Wildman–Crippen MR) is 58.4 cm³/mol. The molecular formula is C11H27N. The van der Waals surface area contributed by atoms with Crippen molar-refractivity contribution in [1.82, 2.24) is 0 Å². The molecule has 2 N–H and O–H groups in total. The Hall–Kier alpha value is -0.0400. The zero-order valence-corrected chi connectivity index (χ0v) is 9.40. The van der Waals surface area contributed by atoms with Crippen LogP contribution in [0.1, 0.15) is 66.2 Å². The lowest BCUT2D eigenvalue weighted by Crippen LogP contribution is -2.17. The van der Waals surface area contributed by atoms with Crippen molar-refractivity contribution in [1.29, 1.82) is 0 Å². The molecule has 1 rings (SSSR count). The van der Waals surface area contributed by atoms with Gasteiger partial charge in [0.2, 0.25) is 0 Å². The summed E-state index contributed by atoms with van der Waals surface area (Å²) in [5.41, 5.74) is 5.73. The summed E-state index contributed by atoms with van der Waals surface area (Å²) in [5.74, 6) is 0. The maximum absolute atomic E-state index is 5.73. The summed E-state index contributed by atoms with van der Waals surface area (Å²) in [6.07, 6.45) is 8.07. The van der Waals surface area contributed by atoms with Crippen molar-refractivity contribution >= 4 is 0 Å². The molecule has 1 aliphatic carbocycles. The molecule has 0 aromatic heterocycles. The van der Waals surface area contributed by atoms with Crippen LogP contribution >= 0.6 is 0 Å². The molecule has 76 valence electrons. The first-order valence-electron chi connectivity index (χ1n) is 5.65. The number of rotatable bonds is 0. The van der Waals surface area contributed by atoms with Gasteiger partial charge in [-0.2, -0.15) is 0 Å². The standard InChI is InChI=1S/C7H15N.2C2H6/c8-7-5-3-1-2-4-6-7;2*1-2/h7H,1-6,8H2;2*1-2H3. The second-order valence-corrected chi connectivity index (χ2v) is 2.75. The van der Waals surface area contributed by atoms with Gasteiger partial charge < -0.3 is 5.73 Å². The highest BCUT2D eigenvalue weighted by atomic mass is 14.6. The smallest absolute Gasteiger partial charge is 0.00388 e. The Morgan fingerprint density at radius 1 is 0.750 bits per heavy atom. The molecule has 0 atom stereocenters. The van der Waals surface area contributed by atoms with Crippen LogP contribution in [0.4, 0.5) is 0 Å². The lowest BCUT2D eigenvalue weighted by molar-refractivity contribution is 0.583. The van der Waals surface area contributed by atoms with Crippen molar-refractivity contribution in [3.63, 3.8) is 0 Å². The molecule has 0 heterocycles. The molecule has 0 bridgehead atoms. The molecule has 1 fully saturated rings. The van der Waals surface area contributed by atoms with Crippen molar-refractivity contribution in [3.05, 3.63) is 0 Å². The lowest BCUT2D eigenvalue weighted by atomic mass is 10.1. The van der Waals surface area contributed by atoms with Crippen molar-refractivity contribution in [3.8, 4) is 0 Å². The minimum atomic E-state index is 0.525. The average molecular weight is 173 g/mol. The van der Waals surface area contributed by atoms with Crippen LogP contribution in [0.5, 0.6) is 0 Å². The Balaban J connectivity index is 0. The van der Waals surface area contributed by atoms with Gasteiger partial charge in [0, 0.05) is 6.04 Å². The van der Waals surface area contributed by atoms with Crippen molar-refractivity contribution < 1.29 is 0 Å². The minimum absolute atomic E-state index is 0.525. The van der Waals surface area contributed by atoms with Gasteiger partial charge >= 0.3 is 0 Å². The first-order valence-corrected chi connectivity index (χ1v) is 5.65. The first kappa shape index (κ1) is 14.5.